The zero-order chi connectivity index (χ0) is 19.9. The van der Waals surface area contributed by atoms with Gasteiger partial charge in [-0.05, 0) is 29.8 Å². The molecule has 2 N–H and O–H groups in total. The third-order valence-electron chi connectivity index (χ3n) is 4.90. The highest BCUT2D eigenvalue weighted by atomic mass is 32.1. The molecule has 0 bridgehead atoms. The van der Waals surface area contributed by atoms with E-state index >= 15 is 0 Å². The quantitative estimate of drug-likeness (QED) is 0.699. The number of carbonyl (C=O) groups excluding carboxylic acids is 1. The predicted octanol–water partition coefficient (Wildman–Crippen LogP) is 4.43. The van der Waals surface area contributed by atoms with Crippen molar-refractivity contribution in [2.45, 2.75) is 25.3 Å². The number of rotatable bonds is 4. The second-order valence-electron chi connectivity index (χ2n) is 6.99. The van der Waals surface area contributed by atoms with Crippen molar-refractivity contribution in [1.29, 1.82) is 0 Å². The number of halogens is 3. The van der Waals surface area contributed by atoms with E-state index in [4.69, 9.17) is 5.73 Å². The van der Waals surface area contributed by atoms with Crippen molar-refractivity contribution in [1.82, 2.24) is 9.88 Å². The van der Waals surface area contributed by atoms with Crippen molar-refractivity contribution in [2.75, 3.05) is 13.1 Å². The summed E-state index contributed by atoms with van der Waals surface area (Å²) in [5, 5.41) is 0. The number of hydrogen-bond donors (Lipinski definition) is 1. The monoisotopic (exact) mass is 405 g/mol. The van der Waals surface area contributed by atoms with Gasteiger partial charge >= 0.3 is 0 Å². The van der Waals surface area contributed by atoms with Crippen LogP contribution in [0.1, 0.15) is 28.2 Å². The van der Waals surface area contributed by atoms with Crippen LogP contribution in [0.15, 0.2) is 36.4 Å². The molecule has 1 aliphatic heterocycles. The van der Waals surface area contributed by atoms with Crippen LogP contribution >= 0.6 is 11.3 Å². The van der Waals surface area contributed by atoms with Crippen molar-refractivity contribution < 1.29 is 18.0 Å². The molecule has 1 saturated heterocycles. The van der Waals surface area contributed by atoms with Crippen LogP contribution in [0.4, 0.5) is 13.2 Å². The largest absolute Gasteiger partial charge is 0.364 e. The summed E-state index contributed by atoms with van der Waals surface area (Å²) in [7, 11) is 0. The van der Waals surface area contributed by atoms with Crippen molar-refractivity contribution >= 4 is 27.5 Å². The number of fused-ring (bicyclic) bond motifs is 1. The van der Waals surface area contributed by atoms with E-state index in [0.29, 0.717) is 25.2 Å². The van der Waals surface area contributed by atoms with E-state index in [1.165, 1.54) is 23.5 Å². The molecule has 8 heteroatoms. The molecule has 1 aliphatic rings. The van der Waals surface area contributed by atoms with Crippen LogP contribution in [0.25, 0.3) is 21.3 Å². The van der Waals surface area contributed by atoms with Gasteiger partial charge in [-0.2, -0.15) is 0 Å². The van der Waals surface area contributed by atoms with Crippen LogP contribution in [0.3, 0.4) is 0 Å². The summed E-state index contributed by atoms with van der Waals surface area (Å²) < 4.78 is 40.9. The molecule has 4 rings (SSSR count). The van der Waals surface area contributed by atoms with E-state index < -0.39 is 11.8 Å². The van der Waals surface area contributed by atoms with Gasteiger partial charge < -0.3 is 5.73 Å². The number of pyridine rings is 1. The molecule has 146 valence electrons. The molecular weight excluding hydrogens is 387 g/mol. The maximum absolute atomic E-state index is 13.4. The van der Waals surface area contributed by atoms with Crippen molar-refractivity contribution in [3.05, 3.63) is 52.8 Å². The molecule has 1 fully saturated rings. The van der Waals surface area contributed by atoms with Gasteiger partial charge in [0.1, 0.15) is 11.5 Å². The van der Waals surface area contributed by atoms with E-state index in [0.717, 1.165) is 20.7 Å². The van der Waals surface area contributed by atoms with Gasteiger partial charge in [0, 0.05) is 42.9 Å². The summed E-state index contributed by atoms with van der Waals surface area (Å²) in [6, 6.07) is 9.47. The number of aromatic nitrogens is 1. The van der Waals surface area contributed by atoms with Gasteiger partial charge in [-0.3, -0.25) is 9.69 Å². The first-order valence-electron chi connectivity index (χ1n) is 8.90. The maximum atomic E-state index is 13.4. The number of likely N-dealkylation sites (tertiary alicyclic amines) is 1. The topological polar surface area (TPSA) is 59.2 Å². The first kappa shape index (κ1) is 18.9. The smallest absolute Gasteiger partial charge is 0.267 e. The second kappa shape index (κ2) is 7.18. The number of amides is 1. The third-order valence-corrected chi connectivity index (χ3v) is 6.05. The van der Waals surface area contributed by atoms with Crippen LogP contribution in [0, 0.1) is 5.82 Å². The van der Waals surface area contributed by atoms with Gasteiger partial charge in [0.05, 0.1) is 10.2 Å². The van der Waals surface area contributed by atoms with Gasteiger partial charge in [0.25, 0.3) is 11.8 Å². The molecule has 0 radical (unpaired) electrons. The summed E-state index contributed by atoms with van der Waals surface area (Å²) in [6.45, 7) is 1.23. The van der Waals surface area contributed by atoms with Gasteiger partial charge in [0.15, 0.2) is 0 Å². The van der Waals surface area contributed by atoms with Gasteiger partial charge in [0.2, 0.25) is 0 Å². The molecule has 2 aromatic heterocycles. The molecule has 0 saturated carbocycles. The fraction of sp³-hybridized carbons (Fsp3) is 0.300. The summed E-state index contributed by atoms with van der Waals surface area (Å²) in [6.07, 6.45) is -0.272. The Morgan fingerprint density at radius 2 is 1.86 bits per heavy atom. The fourth-order valence-electron chi connectivity index (χ4n) is 3.38. The normalized spacial score (nSPS) is 17.1. The van der Waals surface area contributed by atoms with Crippen LogP contribution < -0.4 is 5.73 Å². The number of nitrogens with two attached hydrogens (primary N) is 1. The van der Waals surface area contributed by atoms with E-state index in [1.807, 2.05) is 11.0 Å². The van der Waals surface area contributed by atoms with Gasteiger partial charge in [-0.1, -0.05) is 12.1 Å². The Balaban J connectivity index is 1.70. The molecule has 1 aromatic carbocycles. The van der Waals surface area contributed by atoms with Crippen molar-refractivity contribution in [2.24, 2.45) is 5.73 Å². The summed E-state index contributed by atoms with van der Waals surface area (Å²) in [5.41, 5.74) is 7.68. The molecule has 3 aromatic rings. The van der Waals surface area contributed by atoms with E-state index in [-0.39, 0.29) is 24.4 Å². The average molecular weight is 405 g/mol. The Hall–Kier alpha value is -2.45. The molecule has 1 amide bonds. The van der Waals surface area contributed by atoms with E-state index in [9.17, 15) is 18.0 Å². The van der Waals surface area contributed by atoms with Crippen LogP contribution in [0.5, 0.6) is 0 Å². The fourth-order valence-corrected chi connectivity index (χ4v) is 4.55. The Labute approximate surface area is 163 Å². The number of hydrogen-bond acceptors (Lipinski definition) is 4. The zero-order valence-electron chi connectivity index (χ0n) is 14.9. The van der Waals surface area contributed by atoms with Gasteiger partial charge in [-0.15, -0.1) is 11.3 Å². The number of piperidine rings is 1. The number of nitrogens with zero attached hydrogens (tertiary/aromatic N) is 2. The SMILES string of the molecule is NC(=O)c1cc(-c2ccc(F)cc2)c2sc(CN3CCC(F)(F)CC3)cc2n1. The number of alkyl halides is 2. The molecule has 0 aliphatic carbocycles. The summed E-state index contributed by atoms with van der Waals surface area (Å²) >= 11 is 1.50. The number of primary amides is 1. The van der Waals surface area contributed by atoms with Crippen molar-refractivity contribution in [3.8, 4) is 11.1 Å². The minimum Gasteiger partial charge on any atom is -0.364 e. The third kappa shape index (κ3) is 3.88. The molecule has 0 unspecified atom stereocenters. The predicted molar refractivity (Wildman–Crippen MR) is 103 cm³/mol. The zero-order valence-corrected chi connectivity index (χ0v) is 15.7. The van der Waals surface area contributed by atoms with E-state index in [1.54, 1.807) is 18.2 Å². The minimum atomic E-state index is -2.58. The lowest BCUT2D eigenvalue weighted by Gasteiger charge is -2.31. The number of thiophene rings is 1. The lowest BCUT2D eigenvalue weighted by Crippen LogP contribution is -2.38. The lowest BCUT2D eigenvalue weighted by atomic mass is 10.0. The molecule has 3 heterocycles. The van der Waals surface area contributed by atoms with E-state index in [2.05, 4.69) is 4.98 Å². The second-order valence-corrected chi connectivity index (χ2v) is 8.12. The first-order chi connectivity index (χ1) is 13.3. The molecule has 28 heavy (non-hydrogen) atoms. The molecule has 0 atom stereocenters. The summed E-state index contributed by atoms with van der Waals surface area (Å²) in [4.78, 5) is 19.0. The first-order valence-corrected chi connectivity index (χ1v) is 9.72. The van der Waals surface area contributed by atoms with Gasteiger partial charge in [-0.25, -0.2) is 18.2 Å². The Morgan fingerprint density at radius 3 is 2.50 bits per heavy atom. The standard InChI is InChI=1S/C20H18F3N3OS/c21-13-3-1-12(2-4-13)15-10-17(19(24)27)25-16-9-14(28-18(15)16)11-26-7-5-20(22,23)6-8-26/h1-4,9-10H,5-8,11H2,(H2,24,27). The Morgan fingerprint density at radius 1 is 1.18 bits per heavy atom. The molecular formula is C20H18F3N3OS. The number of benzene rings is 1. The highest BCUT2D eigenvalue weighted by Crippen LogP contribution is 2.36. The molecule has 4 nitrogen and oxygen atoms in total. The van der Waals surface area contributed by atoms with Crippen molar-refractivity contribution in [3.63, 3.8) is 0 Å². The van der Waals surface area contributed by atoms with Crippen LogP contribution in [0.2, 0.25) is 0 Å². The van der Waals surface area contributed by atoms with Crippen LogP contribution in [-0.2, 0) is 6.54 Å². The van der Waals surface area contributed by atoms with Crippen LogP contribution in [-0.4, -0.2) is 34.8 Å². The average Bonchev–Trinajstić information content (AvgIpc) is 3.06. The number of carbonyl (C=O) groups is 1. The Bertz CT molecular complexity index is 1020. The molecule has 0 spiro atoms. The maximum Gasteiger partial charge on any atom is 0.267 e. The highest BCUT2D eigenvalue weighted by Gasteiger charge is 2.34. The summed E-state index contributed by atoms with van der Waals surface area (Å²) in [5.74, 6) is -3.57. The minimum absolute atomic E-state index is 0.133. The Kier molecular flexibility index (Phi) is 4.84. The lowest BCUT2D eigenvalue weighted by molar-refractivity contribution is -0.0564. The highest BCUT2D eigenvalue weighted by molar-refractivity contribution is 7.19.